The number of aliphatic hydroxyl groups excluding tert-OH is 1. The van der Waals surface area contributed by atoms with Crippen LogP contribution in [0.4, 0.5) is 0 Å². The van der Waals surface area contributed by atoms with Crippen molar-refractivity contribution in [3.63, 3.8) is 0 Å². The van der Waals surface area contributed by atoms with Crippen LogP contribution >= 0.6 is 0 Å². The number of hydrogen-bond donors (Lipinski definition) is 2. The zero-order valence-electron chi connectivity index (χ0n) is 11.3. The molecular formula is C17H15NO3. The first-order valence-electron chi connectivity index (χ1n) is 6.67. The summed E-state index contributed by atoms with van der Waals surface area (Å²) < 4.78 is 0. The molecule has 0 fully saturated rings. The standard InChI is InChI=1S/C17H15NO3/c18-21-17(20)16(19)15-8-4-3-7-13(15)14-10-9-11-5-1-2-6-12(11)14/h1-10,14,16,19H,18H2. The highest BCUT2D eigenvalue weighted by Crippen LogP contribution is 2.38. The molecule has 2 aromatic rings. The minimum absolute atomic E-state index is 0.0117. The highest BCUT2D eigenvalue weighted by atomic mass is 16.7. The van der Waals surface area contributed by atoms with Crippen molar-refractivity contribution in [3.05, 3.63) is 76.9 Å². The number of fused-ring (bicyclic) bond motifs is 1. The van der Waals surface area contributed by atoms with Crippen molar-refractivity contribution in [2.24, 2.45) is 5.90 Å². The molecule has 2 unspecified atom stereocenters. The third kappa shape index (κ3) is 2.35. The van der Waals surface area contributed by atoms with Crippen LogP contribution < -0.4 is 5.90 Å². The van der Waals surface area contributed by atoms with Crippen LogP contribution in [0.2, 0.25) is 0 Å². The second-order valence-electron chi connectivity index (χ2n) is 4.93. The molecule has 0 radical (unpaired) electrons. The number of allylic oxidation sites excluding steroid dienone is 1. The van der Waals surface area contributed by atoms with Gasteiger partial charge in [-0.15, -0.1) is 0 Å². The van der Waals surface area contributed by atoms with Gasteiger partial charge in [-0.3, -0.25) is 0 Å². The number of carbonyl (C=O) groups is 1. The van der Waals surface area contributed by atoms with Crippen molar-refractivity contribution in [2.75, 3.05) is 0 Å². The summed E-state index contributed by atoms with van der Waals surface area (Å²) in [6.45, 7) is 0. The molecule has 2 aromatic carbocycles. The van der Waals surface area contributed by atoms with Crippen LogP contribution in [0.15, 0.2) is 54.6 Å². The lowest BCUT2D eigenvalue weighted by Gasteiger charge is -2.18. The van der Waals surface area contributed by atoms with Crippen molar-refractivity contribution in [3.8, 4) is 0 Å². The summed E-state index contributed by atoms with van der Waals surface area (Å²) in [5, 5.41) is 10.1. The van der Waals surface area contributed by atoms with E-state index in [0.717, 1.165) is 16.7 Å². The van der Waals surface area contributed by atoms with Crippen molar-refractivity contribution in [2.45, 2.75) is 12.0 Å². The Morgan fingerprint density at radius 3 is 2.52 bits per heavy atom. The molecule has 3 rings (SSSR count). The van der Waals surface area contributed by atoms with E-state index in [0.29, 0.717) is 5.56 Å². The Balaban J connectivity index is 2.05. The zero-order chi connectivity index (χ0) is 14.8. The quantitative estimate of drug-likeness (QED) is 0.847. The molecule has 2 atom stereocenters. The third-order valence-corrected chi connectivity index (χ3v) is 3.76. The normalized spacial score (nSPS) is 17.3. The molecule has 1 aliphatic rings. The zero-order valence-corrected chi connectivity index (χ0v) is 11.3. The Morgan fingerprint density at radius 2 is 1.76 bits per heavy atom. The smallest absolute Gasteiger partial charge is 0.358 e. The maximum Gasteiger partial charge on any atom is 0.358 e. The molecule has 0 aliphatic heterocycles. The fraction of sp³-hybridized carbons (Fsp3) is 0.118. The molecule has 0 amide bonds. The maximum absolute atomic E-state index is 11.5. The number of hydrogen-bond acceptors (Lipinski definition) is 4. The number of benzene rings is 2. The Morgan fingerprint density at radius 1 is 1.10 bits per heavy atom. The fourth-order valence-electron chi connectivity index (χ4n) is 2.76. The predicted octanol–water partition coefficient (Wildman–Crippen LogP) is 2.30. The molecule has 0 heterocycles. The first-order chi connectivity index (χ1) is 10.2. The fourth-order valence-corrected chi connectivity index (χ4v) is 2.76. The molecule has 0 saturated heterocycles. The van der Waals surface area contributed by atoms with Gasteiger partial charge in [-0.25, -0.2) is 4.79 Å². The summed E-state index contributed by atoms with van der Waals surface area (Å²) in [5.41, 5.74) is 3.68. The SMILES string of the molecule is NOC(=O)C(O)c1ccccc1C1C=Cc2ccccc21. The monoisotopic (exact) mass is 281 g/mol. The number of nitrogens with two attached hydrogens (primary N) is 1. The van der Waals surface area contributed by atoms with Gasteiger partial charge in [0.1, 0.15) is 0 Å². The molecular weight excluding hydrogens is 266 g/mol. The van der Waals surface area contributed by atoms with E-state index in [2.05, 4.69) is 10.9 Å². The van der Waals surface area contributed by atoms with E-state index in [-0.39, 0.29) is 5.92 Å². The van der Waals surface area contributed by atoms with Gasteiger partial charge in [0.15, 0.2) is 6.10 Å². The van der Waals surface area contributed by atoms with Crippen LogP contribution in [0.1, 0.15) is 34.3 Å². The van der Waals surface area contributed by atoms with Crippen molar-refractivity contribution in [1.82, 2.24) is 0 Å². The van der Waals surface area contributed by atoms with Crippen LogP contribution in [0.25, 0.3) is 6.08 Å². The average Bonchev–Trinajstić information content (AvgIpc) is 2.97. The van der Waals surface area contributed by atoms with Crippen molar-refractivity contribution >= 4 is 12.0 Å². The van der Waals surface area contributed by atoms with Crippen LogP contribution in [0, 0.1) is 0 Å². The summed E-state index contributed by atoms with van der Waals surface area (Å²) in [7, 11) is 0. The van der Waals surface area contributed by atoms with E-state index in [1.165, 1.54) is 0 Å². The minimum atomic E-state index is -1.38. The van der Waals surface area contributed by atoms with E-state index < -0.39 is 12.1 Å². The van der Waals surface area contributed by atoms with Gasteiger partial charge in [0.2, 0.25) is 0 Å². The molecule has 106 valence electrons. The number of aliphatic hydroxyl groups is 1. The van der Waals surface area contributed by atoms with E-state index in [4.69, 9.17) is 5.90 Å². The Labute approximate surface area is 122 Å². The maximum atomic E-state index is 11.5. The van der Waals surface area contributed by atoms with E-state index >= 15 is 0 Å². The number of rotatable bonds is 3. The van der Waals surface area contributed by atoms with Gasteiger partial charge < -0.3 is 9.94 Å². The Hall–Kier alpha value is -2.43. The van der Waals surface area contributed by atoms with Gasteiger partial charge in [0.25, 0.3) is 0 Å². The van der Waals surface area contributed by atoms with Gasteiger partial charge in [0.05, 0.1) is 0 Å². The van der Waals surface area contributed by atoms with E-state index in [9.17, 15) is 9.90 Å². The summed E-state index contributed by atoms with van der Waals surface area (Å²) in [6, 6.07) is 15.3. The second-order valence-corrected chi connectivity index (χ2v) is 4.93. The van der Waals surface area contributed by atoms with Crippen molar-refractivity contribution < 1.29 is 14.7 Å². The molecule has 0 spiro atoms. The van der Waals surface area contributed by atoms with Crippen LogP contribution in [-0.2, 0) is 9.63 Å². The average molecular weight is 281 g/mol. The van der Waals surface area contributed by atoms with E-state index in [1.54, 1.807) is 12.1 Å². The molecule has 4 heteroatoms. The number of carbonyl (C=O) groups excluding carboxylic acids is 1. The van der Waals surface area contributed by atoms with Gasteiger partial charge in [-0.2, -0.15) is 5.90 Å². The summed E-state index contributed by atoms with van der Waals surface area (Å²) in [6.07, 6.45) is 2.72. The van der Waals surface area contributed by atoms with Gasteiger partial charge >= 0.3 is 5.97 Å². The third-order valence-electron chi connectivity index (χ3n) is 3.76. The van der Waals surface area contributed by atoms with Gasteiger partial charge in [0, 0.05) is 5.92 Å². The lowest BCUT2D eigenvalue weighted by atomic mass is 9.88. The molecule has 1 aliphatic carbocycles. The lowest BCUT2D eigenvalue weighted by molar-refractivity contribution is -0.154. The van der Waals surface area contributed by atoms with Crippen molar-refractivity contribution in [1.29, 1.82) is 0 Å². The largest absolute Gasteiger partial charge is 0.377 e. The summed E-state index contributed by atoms with van der Waals surface area (Å²) >= 11 is 0. The first-order valence-corrected chi connectivity index (χ1v) is 6.67. The molecule has 4 nitrogen and oxygen atoms in total. The molecule has 21 heavy (non-hydrogen) atoms. The summed E-state index contributed by atoms with van der Waals surface area (Å²) in [4.78, 5) is 15.7. The predicted molar refractivity (Wildman–Crippen MR) is 79.0 cm³/mol. The first kappa shape index (κ1) is 13.5. The van der Waals surface area contributed by atoms with Gasteiger partial charge in [-0.05, 0) is 22.3 Å². The topological polar surface area (TPSA) is 72.5 Å². The second kappa shape index (κ2) is 5.52. The molecule has 0 saturated carbocycles. The molecule has 0 bridgehead atoms. The minimum Gasteiger partial charge on any atom is -0.377 e. The van der Waals surface area contributed by atoms with Crippen LogP contribution in [0.3, 0.4) is 0 Å². The highest BCUT2D eigenvalue weighted by molar-refractivity contribution is 5.77. The highest BCUT2D eigenvalue weighted by Gasteiger charge is 2.27. The van der Waals surface area contributed by atoms with Crippen LogP contribution in [-0.4, -0.2) is 11.1 Å². The van der Waals surface area contributed by atoms with Gasteiger partial charge in [-0.1, -0.05) is 60.7 Å². The molecule has 3 N–H and O–H groups in total. The Kier molecular flexibility index (Phi) is 3.56. The molecule has 0 aromatic heterocycles. The van der Waals surface area contributed by atoms with E-state index in [1.807, 2.05) is 42.5 Å². The lowest BCUT2D eigenvalue weighted by Crippen LogP contribution is -2.20. The summed E-state index contributed by atoms with van der Waals surface area (Å²) in [5.74, 6) is 4.02. The Bertz CT molecular complexity index is 709. The van der Waals surface area contributed by atoms with Crippen LogP contribution in [0.5, 0.6) is 0 Å².